The molecule has 0 bridgehead atoms. The molecule has 0 aromatic carbocycles. The zero-order chi connectivity index (χ0) is 5.54. The molecule has 0 saturated carbocycles. The number of nitrogens with zero attached hydrogens (tertiary/aromatic N) is 1. The fraction of sp³-hybridized carbons (Fsp3) is 0.667. The van der Waals surface area contributed by atoms with Crippen molar-refractivity contribution < 1.29 is 5.11 Å². The van der Waals surface area contributed by atoms with Gasteiger partial charge in [-0.15, -0.1) is 0 Å². The Hall–Kier alpha value is -0.610. The Morgan fingerprint density at radius 1 is 1.86 bits per heavy atom. The van der Waals surface area contributed by atoms with E-state index in [0.717, 1.165) is 0 Å². The van der Waals surface area contributed by atoms with Crippen LogP contribution < -0.4 is 11.0 Å². The number of hydrogen-bond donors (Lipinski definition) is 3. The van der Waals surface area contributed by atoms with E-state index < -0.39 is 0 Å². The minimum absolute atomic E-state index is 0.114. The van der Waals surface area contributed by atoms with Crippen LogP contribution in [0.4, 0.5) is 0 Å². The average molecular weight is 103 g/mol. The Balaban J connectivity index is 2.69. The summed E-state index contributed by atoms with van der Waals surface area (Å²) in [5.74, 6) is 0. The first kappa shape index (κ1) is 6.39. The van der Waals surface area contributed by atoms with Gasteiger partial charge in [0.1, 0.15) is 6.73 Å². The van der Waals surface area contributed by atoms with Crippen molar-refractivity contribution in [2.45, 2.75) is 6.92 Å². The Kier molecular flexibility index (Phi) is 4.92. The van der Waals surface area contributed by atoms with Crippen molar-refractivity contribution in [3.63, 3.8) is 0 Å². The first-order valence-electron chi connectivity index (χ1n) is 1.98. The summed E-state index contributed by atoms with van der Waals surface area (Å²) >= 11 is 0. The molecule has 42 valence electrons. The van der Waals surface area contributed by atoms with Crippen LogP contribution in [0.5, 0.6) is 0 Å². The zero-order valence-corrected chi connectivity index (χ0v) is 4.18. The minimum Gasteiger partial charge on any atom is -0.380 e. The van der Waals surface area contributed by atoms with Gasteiger partial charge in [0.15, 0.2) is 0 Å². The molecule has 0 aromatic heterocycles. The topological polar surface area (TPSA) is 56.7 Å². The van der Waals surface area contributed by atoms with Crippen molar-refractivity contribution in [2.24, 2.45) is 5.10 Å². The molecule has 0 fully saturated rings. The second-order valence-electron chi connectivity index (χ2n) is 0.834. The van der Waals surface area contributed by atoms with Crippen molar-refractivity contribution in [3.8, 4) is 0 Å². The zero-order valence-electron chi connectivity index (χ0n) is 4.18. The number of hydrazine groups is 1. The molecule has 0 rings (SSSR count). The Labute approximate surface area is 42.2 Å². The lowest BCUT2D eigenvalue weighted by molar-refractivity contribution is 0.240. The van der Waals surface area contributed by atoms with Gasteiger partial charge in [0, 0.05) is 6.21 Å². The van der Waals surface area contributed by atoms with E-state index in [1.54, 1.807) is 13.1 Å². The molecule has 0 aliphatic rings. The highest BCUT2D eigenvalue weighted by atomic mass is 16.3. The Morgan fingerprint density at radius 3 is 3.00 bits per heavy atom. The van der Waals surface area contributed by atoms with Crippen LogP contribution in [0.3, 0.4) is 0 Å². The predicted molar refractivity (Wildman–Crippen MR) is 27.5 cm³/mol. The minimum atomic E-state index is -0.114. The van der Waals surface area contributed by atoms with Gasteiger partial charge in [0.05, 0.1) is 0 Å². The van der Waals surface area contributed by atoms with Crippen LogP contribution in [-0.2, 0) is 0 Å². The molecule has 0 atom stereocenters. The number of aliphatic hydroxyl groups is 1. The van der Waals surface area contributed by atoms with Crippen molar-refractivity contribution in [1.82, 2.24) is 11.0 Å². The molecule has 0 radical (unpaired) electrons. The van der Waals surface area contributed by atoms with Crippen molar-refractivity contribution in [3.05, 3.63) is 0 Å². The summed E-state index contributed by atoms with van der Waals surface area (Å²) in [5, 5.41) is 11.6. The van der Waals surface area contributed by atoms with E-state index in [9.17, 15) is 0 Å². The van der Waals surface area contributed by atoms with E-state index in [-0.39, 0.29) is 6.73 Å². The molecule has 0 amide bonds. The maximum atomic E-state index is 8.05. The highest BCUT2D eigenvalue weighted by Gasteiger charge is 1.65. The third-order valence-corrected chi connectivity index (χ3v) is 0.352. The summed E-state index contributed by atoms with van der Waals surface area (Å²) in [6, 6.07) is 0. The van der Waals surface area contributed by atoms with Gasteiger partial charge >= 0.3 is 0 Å². The van der Waals surface area contributed by atoms with Gasteiger partial charge in [0.2, 0.25) is 0 Å². The molecule has 4 nitrogen and oxygen atoms in total. The summed E-state index contributed by atoms with van der Waals surface area (Å²) in [7, 11) is 0. The van der Waals surface area contributed by atoms with E-state index in [0.29, 0.717) is 0 Å². The van der Waals surface area contributed by atoms with Gasteiger partial charge in [0.25, 0.3) is 0 Å². The van der Waals surface area contributed by atoms with Gasteiger partial charge in [-0.05, 0) is 6.92 Å². The fourth-order valence-electron chi connectivity index (χ4n) is 0.146. The lowest BCUT2D eigenvalue weighted by atomic mass is 10.9. The molecule has 0 spiro atoms. The predicted octanol–water partition coefficient (Wildman–Crippen LogP) is -0.964. The average Bonchev–Trinajstić information content (AvgIpc) is 1.69. The summed E-state index contributed by atoms with van der Waals surface area (Å²) < 4.78 is 0. The monoisotopic (exact) mass is 103 g/mol. The molecule has 0 aliphatic heterocycles. The highest BCUT2D eigenvalue weighted by molar-refractivity contribution is 5.52. The molecule has 0 aliphatic carbocycles. The summed E-state index contributed by atoms with van der Waals surface area (Å²) in [6.07, 6.45) is 1.57. The van der Waals surface area contributed by atoms with Gasteiger partial charge in [-0.3, -0.25) is 0 Å². The molecule has 4 heteroatoms. The number of aliphatic hydroxyl groups excluding tert-OH is 1. The quantitative estimate of drug-likeness (QED) is 0.186. The van der Waals surface area contributed by atoms with Crippen LogP contribution in [0, 0.1) is 0 Å². The van der Waals surface area contributed by atoms with Gasteiger partial charge < -0.3 is 5.11 Å². The van der Waals surface area contributed by atoms with Crippen LogP contribution in [0.25, 0.3) is 0 Å². The van der Waals surface area contributed by atoms with Gasteiger partial charge in [-0.1, -0.05) is 0 Å². The molecule has 0 heterocycles. The van der Waals surface area contributed by atoms with Crippen LogP contribution in [0.2, 0.25) is 0 Å². The number of hydrogen-bond acceptors (Lipinski definition) is 4. The third-order valence-electron chi connectivity index (χ3n) is 0.352. The molecule has 0 unspecified atom stereocenters. The molecule has 0 aromatic rings. The normalized spacial score (nSPS) is 10.0. The SMILES string of the molecule is C/C=N\NNCO. The van der Waals surface area contributed by atoms with Gasteiger partial charge in [-0.25, -0.2) is 5.53 Å². The maximum absolute atomic E-state index is 8.05. The number of nitrogens with one attached hydrogen (secondary N) is 2. The van der Waals surface area contributed by atoms with Crippen LogP contribution >= 0.6 is 0 Å². The second kappa shape index (κ2) is 5.39. The van der Waals surface area contributed by atoms with E-state index >= 15 is 0 Å². The first-order valence-corrected chi connectivity index (χ1v) is 1.98. The highest BCUT2D eigenvalue weighted by Crippen LogP contribution is 1.45. The maximum Gasteiger partial charge on any atom is 0.111 e. The molecule has 0 saturated heterocycles. The third kappa shape index (κ3) is 5.39. The van der Waals surface area contributed by atoms with E-state index in [4.69, 9.17) is 5.11 Å². The lowest BCUT2D eigenvalue weighted by Gasteiger charge is -1.93. The van der Waals surface area contributed by atoms with Crippen LogP contribution in [0.1, 0.15) is 6.92 Å². The van der Waals surface area contributed by atoms with Crippen molar-refractivity contribution in [1.29, 1.82) is 0 Å². The Bertz CT molecular complexity index is 54.1. The van der Waals surface area contributed by atoms with Crippen LogP contribution in [0.15, 0.2) is 5.10 Å². The second-order valence-corrected chi connectivity index (χ2v) is 0.834. The number of rotatable bonds is 3. The van der Waals surface area contributed by atoms with E-state index in [2.05, 4.69) is 16.1 Å². The summed E-state index contributed by atoms with van der Waals surface area (Å²) in [6.45, 7) is 1.66. The van der Waals surface area contributed by atoms with E-state index in [1.165, 1.54) is 0 Å². The van der Waals surface area contributed by atoms with Crippen molar-refractivity contribution >= 4 is 6.21 Å². The first-order chi connectivity index (χ1) is 3.41. The molecular weight excluding hydrogens is 94.1 g/mol. The van der Waals surface area contributed by atoms with Crippen LogP contribution in [-0.4, -0.2) is 18.1 Å². The fourth-order valence-corrected chi connectivity index (χ4v) is 0.146. The largest absolute Gasteiger partial charge is 0.380 e. The van der Waals surface area contributed by atoms with Gasteiger partial charge in [-0.2, -0.15) is 10.5 Å². The molecular formula is C3H9N3O. The summed E-state index contributed by atoms with van der Waals surface area (Å²) in [5.41, 5.74) is 4.71. The lowest BCUT2D eigenvalue weighted by Crippen LogP contribution is -2.27. The molecule has 3 N–H and O–H groups in total. The Morgan fingerprint density at radius 2 is 2.57 bits per heavy atom. The smallest absolute Gasteiger partial charge is 0.111 e. The number of hydrazone groups is 1. The molecule has 7 heavy (non-hydrogen) atoms. The standard InChI is InChI=1S/C3H9N3O/c1-2-4-6-5-3-7/h2,5-7H,3H2,1H3/b4-2-. The summed E-state index contributed by atoms with van der Waals surface area (Å²) in [4.78, 5) is 0. The van der Waals surface area contributed by atoms with Crippen molar-refractivity contribution in [2.75, 3.05) is 6.73 Å². The van der Waals surface area contributed by atoms with E-state index in [1.807, 2.05) is 0 Å².